The normalized spacial score (nSPS) is 17.2. The summed E-state index contributed by atoms with van der Waals surface area (Å²) in [5.41, 5.74) is 2.19. The van der Waals surface area contributed by atoms with Crippen molar-refractivity contribution in [2.24, 2.45) is 4.99 Å². The molecule has 9 heteroatoms. The first-order valence-corrected chi connectivity index (χ1v) is 16.3. The molecule has 8 nitrogen and oxygen atoms in total. The quantitative estimate of drug-likeness (QED) is 0.131. The molecule has 0 unspecified atom stereocenters. The molecular weight excluding hydrogens is 660 g/mol. The van der Waals surface area contributed by atoms with Crippen molar-refractivity contribution in [3.05, 3.63) is 130 Å². The molecule has 0 aromatic heterocycles. The topological polar surface area (TPSA) is 98.6 Å². The molecule has 2 atom stereocenters. The molecule has 4 aromatic rings. The summed E-state index contributed by atoms with van der Waals surface area (Å²) in [6.45, 7) is 0.831. The third kappa shape index (κ3) is 8.41. The second kappa shape index (κ2) is 16.3. The van der Waals surface area contributed by atoms with E-state index in [2.05, 4.69) is 21.2 Å². The molecule has 0 saturated heterocycles. The molecule has 0 spiro atoms. The van der Waals surface area contributed by atoms with Gasteiger partial charge in [-0.3, -0.25) is 4.79 Å². The molecule has 5 rings (SSSR count). The van der Waals surface area contributed by atoms with Gasteiger partial charge in [0.25, 0.3) is 5.91 Å². The number of amides is 1. The summed E-state index contributed by atoms with van der Waals surface area (Å²) in [7, 11) is 3.25. The smallest absolute Gasteiger partial charge is 0.252 e. The lowest BCUT2D eigenvalue weighted by Crippen LogP contribution is -2.48. The van der Waals surface area contributed by atoms with Crippen LogP contribution in [0.15, 0.2) is 113 Å². The molecule has 4 aromatic carbocycles. The van der Waals surface area contributed by atoms with Gasteiger partial charge in [-0.25, -0.2) is 4.99 Å². The van der Waals surface area contributed by atoms with Crippen molar-refractivity contribution in [2.75, 3.05) is 34.0 Å². The Morgan fingerprint density at radius 2 is 1.72 bits per heavy atom. The number of nitrogens with zero attached hydrogens (tertiary/aromatic N) is 1. The molecule has 0 aliphatic carbocycles. The van der Waals surface area contributed by atoms with Crippen LogP contribution in [0.4, 0.5) is 0 Å². The summed E-state index contributed by atoms with van der Waals surface area (Å²) in [5, 5.41) is 12.2. The fourth-order valence-electron chi connectivity index (χ4n) is 5.43. The van der Waals surface area contributed by atoms with E-state index in [9.17, 15) is 4.79 Å². The number of hydrogen-bond acceptors (Lipinski definition) is 7. The maximum atomic E-state index is 14.5. The van der Waals surface area contributed by atoms with Gasteiger partial charge in [-0.15, -0.1) is 0 Å². The number of halogens is 1. The SMILES string of the molecule is COc1ccc(OC)c(CCNC(=O)[C@]2(C/C=C/c3ccccc3)N=C(c3ccc(OCCCO)cc3)O[C@@H]2c2ccc(Br)cc2)c1. The zero-order valence-electron chi connectivity index (χ0n) is 26.5. The maximum Gasteiger partial charge on any atom is 0.252 e. The molecule has 2 N–H and O–H groups in total. The van der Waals surface area contributed by atoms with Crippen molar-refractivity contribution in [3.63, 3.8) is 0 Å². The number of rotatable bonds is 15. The van der Waals surface area contributed by atoms with Gasteiger partial charge in [-0.2, -0.15) is 0 Å². The van der Waals surface area contributed by atoms with Crippen molar-refractivity contribution >= 4 is 33.8 Å². The summed E-state index contributed by atoms with van der Waals surface area (Å²) in [4.78, 5) is 19.6. The van der Waals surface area contributed by atoms with Gasteiger partial charge in [0.2, 0.25) is 5.90 Å². The molecule has 1 aliphatic heterocycles. The van der Waals surface area contributed by atoms with Gasteiger partial charge in [0.05, 0.1) is 20.8 Å². The molecule has 0 fully saturated rings. The van der Waals surface area contributed by atoms with Gasteiger partial charge in [-0.05, 0) is 77.7 Å². The Morgan fingerprint density at radius 1 is 0.979 bits per heavy atom. The first kappa shape index (κ1) is 33.8. The monoisotopic (exact) mass is 698 g/mol. The second-order valence-electron chi connectivity index (χ2n) is 11.0. The molecule has 47 heavy (non-hydrogen) atoms. The number of hydrogen-bond donors (Lipinski definition) is 2. The number of carbonyl (C=O) groups excluding carboxylic acids is 1. The molecular formula is C38H39BrN2O6. The van der Waals surface area contributed by atoms with Crippen molar-refractivity contribution in [1.82, 2.24) is 5.32 Å². The lowest BCUT2D eigenvalue weighted by atomic mass is 9.84. The Bertz CT molecular complexity index is 1680. The molecule has 244 valence electrons. The molecule has 0 radical (unpaired) electrons. The van der Waals surface area contributed by atoms with Gasteiger partial charge >= 0.3 is 0 Å². The van der Waals surface area contributed by atoms with Gasteiger partial charge < -0.3 is 29.4 Å². The van der Waals surface area contributed by atoms with Crippen molar-refractivity contribution in [3.8, 4) is 17.2 Å². The van der Waals surface area contributed by atoms with Gasteiger partial charge in [-0.1, -0.05) is 70.5 Å². The number of aliphatic hydroxyl groups is 1. The van der Waals surface area contributed by atoms with E-state index in [0.717, 1.165) is 32.5 Å². The van der Waals surface area contributed by atoms with E-state index in [1.54, 1.807) is 14.2 Å². The van der Waals surface area contributed by atoms with E-state index in [1.165, 1.54) is 0 Å². The third-order valence-corrected chi connectivity index (χ3v) is 8.44. The van der Waals surface area contributed by atoms with Crippen molar-refractivity contribution in [2.45, 2.75) is 30.9 Å². The predicted molar refractivity (Wildman–Crippen MR) is 187 cm³/mol. The van der Waals surface area contributed by atoms with Crippen LogP contribution in [0.3, 0.4) is 0 Å². The average molecular weight is 700 g/mol. The highest BCUT2D eigenvalue weighted by Crippen LogP contribution is 2.43. The van der Waals surface area contributed by atoms with E-state index >= 15 is 0 Å². The molecule has 0 saturated carbocycles. The largest absolute Gasteiger partial charge is 0.497 e. The van der Waals surface area contributed by atoms with Crippen LogP contribution in [0.25, 0.3) is 6.08 Å². The van der Waals surface area contributed by atoms with Crippen LogP contribution in [0, 0.1) is 0 Å². The molecule has 1 aliphatic rings. The predicted octanol–water partition coefficient (Wildman–Crippen LogP) is 6.95. The van der Waals surface area contributed by atoms with Crippen LogP contribution in [0.2, 0.25) is 0 Å². The van der Waals surface area contributed by atoms with Crippen LogP contribution in [0.1, 0.15) is 41.2 Å². The molecule has 1 heterocycles. The van der Waals surface area contributed by atoms with Gasteiger partial charge in [0.15, 0.2) is 11.6 Å². The highest BCUT2D eigenvalue weighted by Gasteiger charge is 2.52. The van der Waals surface area contributed by atoms with Crippen LogP contribution >= 0.6 is 15.9 Å². The molecule has 1 amide bonds. The fraction of sp³-hybridized carbons (Fsp3) is 0.263. The highest BCUT2D eigenvalue weighted by atomic mass is 79.9. The first-order chi connectivity index (χ1) is 23.0. The minimum Gasteiger partial charge on any atom is -0.497 e. The Labute approximate surface area is 284 Å². The second-order valence-corrected chi connectivity index (χ2v) is 12.0. The summed E-state index contributed by atoms with van der Waals surface area (Å²) in [6.07, 6.45) is 4.66. The van der Waals surface area contributed by atoms with Gasteiger partial charge in [0.1, 0.15) is 17.2 Å². The minimum absolute atomic E-state index is 0.0656. The first-order valence-electron chi connectivity index (χ1n) is 15.5. The Balaban J connectivity index is 1.49. The number of methoxy groups -OCH3 is 2. The fourth-order valence-corrected chi connectivity index (χ4v) is 5.70. The van der Waals surface area contributed by atoms with E-state index in [-0.39, 0.29) is 12.5 Å². The maximum absolute atomic E-state index is 14.5. The number of ether oxygens (including phenoxy) is 4. The summed E-state index contributed by atoms with van der Waals surface area (Å²) < 4.78 is 24.2. The highest BCUT2D eigenvalue weighted by molar-refractivity contribution is 9.10. The van der Waals surface area contributed by atoms with Gasteiger partial charge in [0, 0.05) is 36.0 Å². The van der Waals surface area contributed by atoms with Crippen molar-refractivity contribution in [1.29, 1.82) is 0 Å². The Kier molecular flexibility index (Phi) is 11.7. The van der Waals surface area contributed by atoms with E-state index in [1.807, 2.05) is 109 Å². The third-order valence-electron chi connectivity index (χ3n) is 7.91. The van der Waals surface area contributed by atoms with Crippen LogP contribution in [-0.4, -0.2) is 56.4 Å². The summed E-state index contributed by atoms with van der Waals surface area (Å²) in [5.74, 6) is 2.24. The zero-order valence-corrected chi connectivity index (χ0v) is 28.1. The van der Waals surface area contributed by atoms with Crippen LogP contribution in [-0.2, 0) is 16.0 Å². The number of nitrogens with one attached hydrogen (secondary N) is 1. The number of aliphatic imine (C=N–C) groups is 1. The number of benzene rings is 4. The van der Waals surface area contributed by atoms with Crippen LogP contribution in [0.5, 0.6) is 17.2 Å². The lowest BCUT2D eigenvalue weighted by Gasteiger charge is -2.30. The Morgan fingerprint density at radius 3 is 2.43 bits per heavy atom. The average Bonchev–Trinajstić information content (AvgIpc) is 3.50. The lowest BCUT2D eigenvalue weighted by molar-refractivity contribution is -0.128. The summed E-state index contributed by atoms with van der Waals surface area (Å²) in [6, 6.07) is 30.8. The Hall–Kier alpha value is -4.60. The van der Waals surface area contributed by atoms with E-state index in [4.69, 9.17) is 29.0 Å². The number of carbonyl (C=O) groups is 1. The standard InChI is InChI=1S/C38H39BrN2O6/c1-44-33-19-20-34(45-2)30(26-33)21-23-40-37(43)38(22-6-10-27-8-4-3-5-9-27)35(28-11-15-31(39)16-12-28)47-36(41-38)29-13-17-32(18-14-29)46-25-7-24-42/h3-6,8-20,26,35,42H,7,21-25H2,1-2H3,(H,40,43)/b10-6+/t35-,38-/m1/s1. The van der Waals surface area contributed by atoms with Crippen molar-refractivity contribution < 1.29 is 28.8 Å². The minimum atomic E-state index is -1.30. The van der Waals surface area contributed by atoms with E-state index in [0.29, 0.717) is 49.8 Å². The summed E-state index contributed by atoms with van der Waals surface area (Å²) >= 11 is 3.53. The zero-order chi connectivity index (χ0) is 33.1. The molecule has 0 bridgehead atoms. The number of aliphatic hydroxyl groups excluding tert-OH is 1. The van der Waals surface area contributed by atoms with Crippen LogP contribution < -0.4 is 19.5 Å². The van der Waals surface area contributed by atoms with E-state index < -0.39 is 11.6 Å².